The number of H-pyrrole nitrogens is 1. The minimum absolute atomic E-state index is 0.00463. The fraction of sp³-hybridized carbons (Fsp3) is 0.240. The Hall–Kier alpha value is -4.88. The highest BCUT2D eigenvalue weighted by molar-refractivity contribution is 5.78. The molecule has 39 heavy (non-hydrogen) atoms. The molecular formula is C25H19F3N6O5. The molecule has 3 heterocycles. The molecule has 1 aliphatic rings. The van der Waals surface area contributed by atoms with E-state index in [0.29, 0.717) is 11.0 Å². The monoisotopic (exact) mass is 540 g/mol. The molecule has 200 valence electrons. The molecule has 0 radical (unpaired) electrons. The van der Waals surface area contributed by atoms with Gasteiger partial charge in [-0.1, -0.05) is 17.3 Å². The van der Waals surface area contributed by atoms with Crippen molar-refractivity contribution in [3.8, 4) is 17.1 Å². The highest BCUT2D eigenvalue weighted by Crippen LogP contribution is 2.41. The van der Waals surface area contributed by atoms with Crippen molar-refractivity contribution in [3.63, 3.8) is 0 Å². The predicted molar refractivity (Wildman–Crippen MR) is 132 cm³/mol. The van der Waals surface area contributed by atoms with Crippen LogP contribution >= 0.6 is 0 Å². The van der Waals surface area contributed by atoms with Crippen LogP contribution in [-0.2, 0) is 26.7 Å². The van der Waals surface area contributed by atoms with E-state index in [-0.39, 0.29) is 46.7 Å². The van der Waals surface area contributed by atoms with Crippen LogP contribution < -0.4 is 22.7 Å². The van der Waals surface area contributed by atoms with Gasteiger partial charge in [-0.05, 0) is 48.2 Å². The zero-order valence-corrected chi connectivity index (χ0v) is 20.4. The summed E-state index contributed by atoms with van der Waals surface area (Å²) in [5.41, 5.74) is -1.38. The van der Waals surface area contributed by atoms with Gasteiger partial charge in [0.05, 0.1) is 28.3 Å². The van der Waals surface area contributed by atoms with Crippen molar-refractivity contribution in [2.75, 3.05) is 0 Å². The molecule has 14 heteroatoms. The first-order valence-electron chi connectivity index (χ1n) is 11.8. The topological polar surface area (TPSA) is 130 Å². The molecule has 6 rings (SSSR count). The Balaban J connectivity index is 1.64. The lowest BCUT2D eigenvalue weighted by Crippen LogP contribution is -2.42. The van der Waals surface area contributed by atoms with Gasteiger partial charge in [0.1, 0.15) is 5.56 Å². The number of benzene rings is 2. The molecule has 0 saturated heterocycles. The third-order valence-electron chi connectivity index (χ3n) is 7.20. The van der Waals surface area contributed by atoms with Crippen LogP contribution in [0.25, 0.3) is 28.1 Å². The highest BCUT2D eigenvalue weighted by Gasteiger charge is 2.38. The van der Waals surface area contributed by atoms with Crippen LogP contribution in [0, 0.1) is 0 Å². The van der Waals surface area contributed by atoms with Crippen molar-refractivity contribution in [1.29, 1.82) is 0 Å². The smallest absolute Gasteiger partial charge is 0.296 e. The molecule has 2 aromatic carbocycles. The number of fused-ring (bicyclic) bond motifs is 2. The average molecular weight is 540 g/mol. The Bertz CT molecular complexity index is 2040. The van der Waals surface area contributed by atoms with Crippen molar-refractivity contribution in [2.45, 2.75) is 25.1 Å². The number of hydrogen-bond acceptors (Lipinski definition) is 6. The molecule has 1 N–H and O–H groups in total. The largest absolute Gasteiger partial charge is 0.439 e. The van der Waals surface area contributed by atoms with Crippen LogP contribution in [0.1, 0.15) is 29.2 Å². The van der Waals surface area contributed by atoms with Crippen LogP contribution in [-0.4, -0.2) is 28.4 Å². The van der Waals surface area contributed by atoms with E-state index in [9.17, 15) is 32.3 Å². The van der Waals surface area contributed by atoms with Crippen LogP contribution in [0.5, 0.6) is 0 Å². The maximum atomic E-state index is 13.9. The summed E-state index contributed by atoms with van der Waals surface area (Å²) >= 11 is 0. The van der Waals surface area contributed by atoms with E-state index in [1.165, 1.54) is 27.5 Å². The van der Waals surface area contributed by atoms with Gasteiger partial charge in [-0.3, -0.25) is 32.6 Å². The van der Waals surface area contributed by atoms with Crippen molar-refractivity contribution >= 4 is 11.0 Å². The van der Waals surface area contributed by atoms with E-state index in [4.69, 9.17) is 0 Å². The van der Waals surface area contributed by atoms with E-state index in [0.717, 1.165) is 15.2 Å². The second kappa shape index (κ2) is 8.31. The number of halogens is 3. The van der Waals surface area contributed by atoms with Gasteiger partial charge in [0.15, 0.2) is 5.82 Å². The van der Waals surface area contributed by atoms with Crippen molar-refractivity contribution in [3.05, 3.63) is 101 Å². The second-order valence-corrected chi connectivity index (χ2v) is 9.31. The third-order valence-corrected chi connectivity index (χ3v) is 7.20. The Morgan fingerprint density at radius 2 is 1.74 bits per heavy atom. The van der Waals surface area contributed by atoms with Crippen LogP contribution in [0.15, 0.2) is 66.3 Å². The number of aromatic amines is 1. The van der Waals surface area contributed by atoms with E-state index >= 15 is 0 Å². The molecule has 1 unspecified atom stereocenters. The molecule has 0 aliphatic heterocycles. The van der Waals surface area contributed by atoms with Gasteiger partial charge in [0, 0.05) is 20.3 Å². The van der Waals surface area contributed by atoms with Gasteiger partial charge in [0.2, 0.25) is 0 Å². The van der Waals surface area contributed by atoms with Crippen molar-refractivity contribution < 1.29 is 17.7 Å². The highest BCUT2D eigenvalue weighted by atomic mass is 19.4. The Morgan fingerprint density at radius 3 is 2.44 bits per heavy atom. The van der Waals surface area contributed by atoms with E-state index in [1.807, 2.05) is 0 Å². The number of nitrogens with one attached hydrogen (secondary N) is 1. The summed E-state index contributed by atoms with van der Waals surface area (Å²) in [5, 5.41) is 3.58. The van der Waals surface area contributed by atoms with Gasteiger partial charge < -0.3 is 0 Å². The minimum atomic E-state index is -4.60. The minimum Gasteiger partial charge on any atom is -0.296 e. The first kappa shape index (κ1) is 24.5. The van der Waals surface area contributed by atoms with Crippen LogP contribution in [0.2, 0.25) is 0 Å². The summed E-state index contributed by atoms with van der Waals surface area (Å²) in [6.45, 7) is 0. The summed E-state index contributed by atoms with van der Waals surface area (Å²) in [6, 6.07) is 7.45. The fourth-order valence-corrected chi connectivity index (χ4v) is 5.35. The van der Waals surface area contributed by atoms with Gasteiger partial charge in [-0.15, -0.1) is 0 Å². The number of aryl methyl sites for hydroxylation is 2. The fourth-order valence-electron chi connectivity index (χ4n) is 5.35. The molecule has 0 spiro atoms. The zero-order chi connectivity index (χ0) is 27.8. The van der Waals surface area contributed by atoms with Crippen LogP contribution in [0.3, 0.4) is 0 Å². The summed E-state index contributed by atoms with van der Waals surface area (Å²) in [7, 11) is 3.17. The lowest BCUT2D eigenvalue weighted by atomic mass is 10.0. The average Bonchev–Trinajstić information content (AvgIpc) is 3.57. The molecule has 0 bridgehead atoms. The summed E-state index contributed by atoms with van der Waals surface area (Å²) in [5.74, 6) is -1.18. The number of alkyl halides is 3. The normalized spacial score (nSPS) is 15.3. The number of aromatic nitrogens is 6. The first-order valence-corrected chi connectivity index (χ1v) is 11.8. The maximum Gasteiger partial charge on any atom is 0.439 e. The zero-order valence-electron chi connectivity index (χ0n) is 20.4. The molecule has 0 amide bonds. The standard InChI is InChI=1S/C25H19F3N6O5/c1-31-18-8-6-12(10-19(18)32(2)23(31)37)33-11-15(20-29-22(36)39-30-20)21(35)34(24(33)38)17-9-7-13-14(17)4-3-5-16(13)25(26,27)28/h3-6,8,10-11,17H,7,9H2,1-2H3,(H,29,30,36). The van der Waals surface area contributed by atoms with Gasteiger partial charge >= 0.3 is 23.3 Å². The molecule has 1 atom stereocenters. The van der Waals surface area contributed by atoms with Gasteiger partial charge in [-0.25, -0.2) is 14.4 Å². The lowest BCUT2D eigenvalue weighted by molar-refractivity contribution is -0.138. The SMILES string of the molecule is Cn1c(=O)n(C)c2cc(-n3cc(-c4noc(=O)[nH]4)c(=O)n(C4CCc5c4cccc5C(F)(F)F)c3=O)ccc21. The predicted octanol–water partition coefficient (Wildman–Crippen LogP) is 2.09. The number of hydrogen-bond donors (Lipinski definition) is 1. The second-order valence-electron chi connectivity index (χ2n) is 9.31. The summed E-state index contributed by atoms with van der Waals surface area (Å²) in [6.07, 6.45) is -3.35. The third kappa shape index (κ3) is 3.62. The lowest BCUT2D eigenvalue weighted by Gasteiger charge is -2.19. The van der Waals surface area contributed by atoms with E-state index in [1.54, 1.807) is 32.3 Å². The summed E-state index contributed by atoms with van der Waals surface area (Å²) in [4.78, 5) is 53.9. The maximum absolute atomic E-state index is 13.9. The molecule has 11 nitrogen and oxygen atoms in total. The Labute approximate surface area is 215 Å². The molecular weight excluding hydrogens is 521 g/mol. The van der Waals surface area contributed by atoms with Gasteiger partial charge in [-0.2, -0.15) is 13.2 Å². The Morgan fingerprint density at radius 1 is 1.00 bits per heavy atom. The van der Waals surface area contributed by atoms with Gasteiger partial charge in [0.25, 0.3) is 5.56 Å². The quantitative estimate of drug-likeness (QED) is 0.373. The molecule has 1 aliphatic carbocycles. The van der Waals surface area contributed by atoms with E-state index < -0.39 is 34.8 Å². The Kier molecular flexibility index (Phi) is 5.21. The molecule has 0 saturated carbocycles. The molecule has 5 aromatic rings. The first-order chi connectivity index (χ1) is 18.5. The number of nitrogens with zero attached hydrogens (tertiary/aromatic N) is 5. The van der Waals surface area contributed by atoms with E-state index in [2.05, 4.69) is 14.7 Å². The van der Waals surface area contributed by atoms with Crippen LogP contribution in [0.4, 0.5) is 13.2 Å². The molecule has 0 fully saturated rings. The van der Waals surface area contributed by atoms with Crippen molar-refractivity contribution in [2.24, 2.45) is 14.1 Å². The number of rotatable bonds is 3. The van der Waals surface area contributed by atoms with Crippen molar-refractivity contribution in [1.82, 2.24) is 28.4 Å². The summed E-state index contributed by atoms with van der Waals surface area (Å²) < 4.78 is 50.4. The molecule has 3 aromatic heterocycles. The number of imidazole rings is 1.